The van der Waals surface area contributed by atoms with Crippen molar-refractivity contribution in [2.75, 3.05) is 20.5 Å². The maximum absolute atomic E-state index is 13.1. The summed E-state index contributed by atoms with van der Waals surface area (Å²) >= 11 is 0. The Morgan fingerprint density at radius 3 is 2.46 bits per heavy atom. The van der Waals surface area contributed by atoms with Crippen molar-refractivity contribution < 1.29 is 33.6 Å². The van der Waals surface area contributed by atoms with Crippen molar-refractivity contribution in [1.29, 1.82) is 0 Å². The molecule has 2 aliphatic rings. The van der Waals surface area contributed by atoms with Gasteiger partial charge >= 0.3 is 5.97 Å². The number of fused-ring (bicyclic) bond motifs is 2. The molecule has 0 saturated carbocycles. The first-order chi connectivity index (χ1) is 20.1. The molecule has 1 N–H and O–H groups in total. The van der Waals surface area contributed by atoms with Gasteiger partial charge in [0.15, 0.2) is 11.5 Å². The average Bonchev–Trinajstić information content (AvgIpc) is 3.61. The molecule has 0 saturated heterocycles. The molecule has 1 unspecified atom stereocenters. The second-order valence-electron chi connectivity index (χ2n) is 9.87. The summed E-state index contributed by atoms with van der Waals surface area (Å²) < 4.78 is 29.0. The summed E-state index contributed by atoms with van der Waals surface area (Å²) in [6, 6.07) is 26.7. The molecule has 7 heteroatoms. The Morgan fingerprint density at radius 1 is 0.878 bits per heavy atom. The summed E-state index contributed by atoms with van der Waals surface area (Å²) in [7, 11) is 1.59. The van der Waals surface area contributed by atoms with Gasteiger partial charge in [-0.05, 0) is 65.1 Å². The third-order valence-electron chi connectivity index (χ3n) is 7.29. The number of benzene rings is 4. The molecule has 0 spiro atoms. The summed E-state index contributed by atoms with van der Waals surface area (Å²) in [4.78, 5) is 13.1. The Hall–Kier alpha value is -4.91. The fraction of sp³-hybridized carbons (Fsp3) is 0.206. The van der Waals surface area contributed by atoms with Crippen molar-refractivity contribution in [2.45, 2.75) is 25.9 Å². The minimum atomic E-state index is -1.01. The first-order valence-electron chi connectivity index (χ1n) is 13.6. The van der Waals surface area contributed by atoms with Crippen LogP contribution in [0.3, 0.4) is 0 Å². The van der Waals surface area contributed by atoms with Gasteiger partial charge in [0.05, 0.1) is 19.3 Å². The van der Waals surface area contributed by atoms with E-state index >= 15 is 0 Å². The van der Waals surface area contributed by atoms with Gasteiger partial charge in [-0.15, -0.1) is 0 Å². The maximum atomic E-state index is 13.1. The monoisotopic (exact) mass is 550 g/mol. The van der Waals surface area contributed by atoms with E-state index in [1.54, 1.807) is 13.2 Å². The van der Waals surface area contributed by atoms with Crippen molar-refractivity contribution in [3.63, 3.8) is 0 Å². The van der Waals surface area contributed by atoms with Crippen LogP contribution in [0.25, 0.3) is 5.57 Å². The molecule has 0 fully saturated rings. The number of methoxy groups -OCH3 is 1. The summed E-state index contributed by atoms with van der Waals surface area (Å²) in [5.74, 6) is 1.50. The maximum Gasteiger partial charge on any atom is 0.333 e. The second kappa shape index (κ2) is 11.3. The normalized spacial score (nSPS) is 15.0. The zero-order valence-electron chi connectivity index (χ0n) is 22.9. The van der Waals surface area contributed by atoms with Crippen LogP contribution in [0, 0.1) is 0 Å². The smallest absolute Gasteiger partial charge is 0.333 e. The first-order valence-corrected chi connectivity index (χ1v) is 13.6. The fourth-order valence-corrected chi connectivity index (χ4v) is 5.41. The Morgan fingerprint density at radius 2 is 1.68 bits per heavy atom. The topological polar surface area (TPSA) is 83.5 Å². The van der Waals surface area contributed by atoms with Crippen LogP contribution in [0.15, 0.2) is 90.5 Å². The lowest BCUT2D eigenvalue weighted by Crippen LogP contribution is -2.10. The van der Waals surface area contributed by atoms with Gasteiger partial charge in [-0.3, -0.25) is 0 Å². The van der Waals surface area contributed by atoms with Gasteiger partial charge in [0.25, 0.3) is 0 Å². The Balaban J connectivity index is 1.54. The van der Waals surface area contributed by atoms with E-state index in [9.17, 15) is 9.90 Å². The predicted molar refractivity (Wildman–Crippen MR) is 154 cm³/mol. The molecule has 0 bridgehead atoms. The van der Waals surface area contributed by atoms with E-state index in [0.717, 1.165) is 28.7 Å². The molecule has 0 amide bonds. The predicted octanol–water partition coefficient (Wildman–Crippen LogP) is 6.82. The molecule has 208 valence electrons. The van der Waals surface area contributed by atoms with Crippen molar-refractivity contribution in [2.24, 2.45) is 0 Å². The molecule has 6 rings (SSSR count). The van der Waals surface area contributed by atoms with E-state index in [-0.39, 0.29) is 12.4 Å². The van der Waals surface area contributed by atoms with Crippen molar-refractivity contribution in [3.8, 4) is 28.7 Å². The van der Waals surface area contributed by atoms with E-state index < -0.39 is 11.9 Å². The molecule has 1 aliphatic carbocycles. The van der Waals surface area contributed by atoms with Crippen LogP contribution < -0.4 is 23.7 Å². The number of carbonyl (C=O) groups is 1. The second-order valence-corrected chi connectivity index (χ2v) is 9.87. The van der Waals surface area contributed by atoms with Gasteiger partial charge in [0.2, 0.25) is 6.79 Å². The number of carboxylic acid groups (broad SMARTS) is 1. The molecule has 41 heavy (non-hydrogen) atoms. The number of hydrogen-bond donors (Lipinski definition) is 1. The number of hydrogen-bond acceptors (Lipinski definition) is 6. The first kappa shape index (κ1) is 26.3. The Labute approximate surface area is 238 Å². The van der Waals surface area contributed by atoms with E-state index in [2.05, 4.69) is 0 Å². The van der Waals surface area contributed by atoms with Crippen molar-refractivity contribution in [1.82, 2.24) is 0 Å². The van der Waals surface area contributed by atoms with Crippen LogP contribution >= 0.6 is 0 Å². The highest BCUT2D eigenvalue weighted by atomic mass is 16.7. The van der Waals surface area contributed by atoms with Crippen LogP contribution in [0.5, 0.6) is 28.7 Å². The van der Waals surface area contributed by atoms with Crippen LogP contribution in [-0.2, 0) is 11.4 Å². The Kier molecular flexibility index (Phi) is 7.25. The third kappa shape index (κ3) is 5.07. The van der Waals surface area contributed by atoms with Crippen LogP contribution in [0.1, 0.15) is 47.1 Å². The van der Waals surface area contributed by atoms with Gasteiger partial charge in [-0.2, -0.15) is 0 Å². The average molecular weight is 551 g/mol. The summed E-state index contributed by atoms with van der Waals surface area (Å²) in [5.41, 5.74) is 4.94. The molecule has 4 aromatic rings. The lowest BCUT2D eigenvalue weighted by molar-refractivity contribution is -0.132. The number of aliphatic carboxylic acids is 1. The number of rotatable bonds is 10. The van der Waals surface area contributed by atoms with Crippen molar-refractivity contribution >= 4 is 11.5 Å². The Bertz CT molecular complexity index is 1620. The molecule has 0 radical (unpaired) electrons. The SMILES string of the molecule is CCCOc1ccc2c(c1)C(c1ccc(OC)cc1OCc1ccccc1)=C(C(=O)O)C2c1ccc2c(c1)OCO2. The van der Waals surface area contributed by atoms with Gasteiger partial charge in [0, 0.05) is 23.1 Å². The molecule has 7 nitrogen and oxygen atoms in total. The number of ether oxygens (including phenoxy) is 5. The van der Waals surface area contributed by atoms with E-state index in [1.807, 2.05) is 85.8 Å². The fourth-order valence-electron chi connectivity index (χ4n) is 5.41. The van der Waals surface area contributed by atoms with E-state index in [4.69, 9.17) is 23.7 Å². The third-order valence-corrected chi connectivity index (χ3v) is 7.29. The quantitative estimate of drug-likeness (QED) is 0.232. The highest BCUT2D eigenvalue weighted by Crippen LogP contribution is 2.52. The molecular weight excluding hydrogens is 520 g/mol. The van der Waals surface area contributed by atoms with Crippen LogP contribution in [0.4, 0.5) is 0 Å². The molecular formula is C34H30O7. The molecule has 4 aromatic carbocycles. The molecule has 1 aliphatic heterocycles. The highest BCUT2D eigenvalue weighted by Gasteiger charge is 2.39. The van der Waals surface area contributed by atoms with Crippen LogP contribution in [0.2, 0.25) is 0 Å². The van der Waals surface area contributed by atoms with Gasteiger partial charge in [-0.1, -0.05) is 49.4 Å². The standard InChI is InChI=1S/C34H30O7/c1-3-15-38-24-11-12-25-27(17-24)32(33(34(35)36)31(25)22-9-14-28-30(16-22)41-20-40-28)26-13-10-23(37-2)18-29(26)39-19-21-7-5-4-6-8-21/h4-14,16-18,31H,3,15,19-20H2,1-2H3,(H,35,36). The summed E-state index contributed by atoms with van der Waals surface area (Å²) in [5, 5.41) is 10.7. The van der Waals surface area contributed by atoms with E-state index in [0.29, 0.717) is 53.1 Å². The van der Waals surface area contributed by atoms with Gasteiger partial charge < -0.3 is 28.8 Å². The lowest BCUT2D eigenvalue weighted by Gasteiger charge is -2.17. The minimum Gasteiger partial charge on any atom is -0.497 e. The molecule has 0 aromatic heterocycles. The van der Waals surface area contributed by atoms with Crippen molar-refractivity contribution in [3.05, 3.63) is 118 Å². The summed E-state index contributed by atoms with van der Waals surface area (Å²) in [6.45, 7) is 3.06. The largest absolute Gasteiger partial charge is 0.497 e. The minimum absolute atomic E-state index is 0.138. The van der Waals surface area contributed by atoms with Gasteiger partial charge in [0.1, 0.15) is 23.9 Å². The van der Waals surface area contributed by atoms with Gasteiger partial charge in [-0.25, -0.2) is 4.79 Å². The lowest BCUT2D eigenvalue weighted by atomic mass is 9.88. The summed E-state index contributed by atoms with van der Waals surface area (Å²) in [6.07, 6.45) is 0.857. The van der Waals surface area contributed by atoms with E-state index in [1.165, 1.54) is 0 Å². The number of carboxylic acids is 1. The molecule has 1 atom stereocenters. The highest BCUT2D eigenvalue weighted by molar-refractivity contribution is 6.07. The zero-order valence-corrected chi connectivity index (χ0v) is 22.9. The molecule has 1 heterocycles. The van der Waals surface area contributed by atoms with Crippen LogP contribution in [-0.4, -0.2) is 31.6 Å². The zero-order chi connectivity index (χ0) is 28.3.